The van der Waals surface area contributed by atoms with Crippen molar-refractivity contribution in [2.45, 2.75) is 13.3 Å². The van der Waals surface area contributed by atoms with Crippen LogP contribution in [0, 0.1) is 0 Å². The van der Waals surface area contributed by atoms with Gasteiger partial charge in [0.2, 0.25) is 0 Å². The van der Waals surface area contributed by atoms with Gasteiger partial charge in [-0.05, 0) is 18.6 Å². The van der Waals surface area contributed by atoms with Crippen LogP contribution in [-0.4, -0.2) is 31.2 Å². The molecule has 0 aliphatic carbocycles. The second-order valence-electron chi connectivity index (χ2n) is 4.37. The largest absolute Gasteiger partial charge is 0.493 e. The van der Waals surface area contributed by atoms with Gasteiger partial charge in [-0.2, -0.15) is 0 Å². The Bertz CT molecular complexity index is 625. The molecule has 1 heterocycles. The molecule has 0 spiro atoms. The van der Waals surface area contributed by atoms with E-state index in [1.165, 1.54) is 0 Å². The predicted molar refractivity (Wildman–Crippen MR) is 84.5 cm³/mol. The fourth-order valence-corrected chi connectivity index (χ4v) is 2.27. The monoisotopic (exact) mass is 307 g/mol. The Morgan fingerprint density at radius 2 is 1.90 bits per heavy atom. The van der Waals surface area contributed by atoms with Gasteiger partial charge in [-0.15, -0.1) is 0 Å². The van der Waals surface area contributed by atoms with E-state index in [0.717, 1.165) is 23.5 Å². The molecule has 0 aliphatic rings. The highest BCUT2D eigenvalue weighted by Crippen LogP contribution is 2.38. The van der Waals surface area contributed by atoms with E-state index in [1.807, 2.05) is 26.1 Å². The van der Waals surface area contributed by atoms with Crippen LogP contribution >= 0.6 is 11.6 Å². The molecule has 1 N–H and O–H groups in total. The minimum atomic E-state index is 0.461. The maximum Gasteiger partial charge on any atom is 0.179 e. The normalized spacial score (nSPS) is 10.3. The summed E-state index contributed by atoms with van der Waals surface area (Å²) >= 11 is 6.23. The maximum absolute atomic E-state index is 6.23. The Hall–Kier alpha value is -2.01. The molecule has 0 bridgehead atoms. The summed E-state index contributed by atoms with van der Waals surface area (Å²) in [4.78, 5) is 9.00. The van der Waals surface area contributed by atoms with Gasteiger partial charge in [-0.3, -0.25) is 0 Å². The number of methoxy groups -OCH3 is 2. The maximum atomic E-state index is 6.23. The van der Waals surface area contributed by atoms with Crippen molar-refractivity contribution in [2.24, 2.45) is 0 Å². The van der Waals surface area contributed by atoms with Crippen LogP contribution in [-0.2, 0) is 6.42 Å². The van der Waals surface area contributed by atoms with Crippen LogP contribution in [0.25, 0.3) is 11.4 Å². The van der Waals surface area contributed by atoms with Crippen molar-refractivity contribution < 1.29 is 9.47 Å². The zero-order valence-corrected chi connectivity index (χ0v) is 13.3. The first-order chi connectivity index (χ1) is 10.1. The Morgan fingerprint density at radius 3 is 2.48 bits per heavy atom. The van der Waals surface area contributed by atoms with Crippen LogP contribution in [0.5, 0.6) is 11.5 Å². The molecule has 112 valence electrons. The number of anilines is 1. The molecule has 0 amide bonds. The third kappa shape index (κ3) is 3.19. The number of rotatable bonds is 5. The predicted octanol–water partition coefficient (Wildman–Crippen LogP) is 3.42. The lowest BCUT2D eigenvalue weighted by molar-refractivity contribution is 0.355. The quantitative estimate of drug-likeness (QED) is 0.917. The fourth-order valence-electron chi connectivity index (χ4n) is 1.98. The molecule has 0 aliphatic heterocycles. The molecule has 0 unspecified atom stereocenters. The van der Waals surface area contributed by atoms with Crippen molar-refractivity contribution in [3.63, 3.8) is 0 Å². The molecule has 21 heavy (non-hydrogen) atoms. The Kier molecular flexibility index (Phi) is 4.85. The van der Waals surface area contributed by atoms with E-state index >= 15 is 0 Å². The molecule has 2 aromatic rings. The molecule has 2 rings (SSSR count). The number of aromatic nitrogens is 2. The van der Waals surface area contributed by atoms with Crippen LogP contribution in [0.2, 0.25) is 5.02 Å². The minimum Gasteiger partial charge on any atom is -0.493 e. The van der Waals surface area contributed by atoms with Gasteiger partial charge in [-0.1, -0.05) is 18.5 Å². The van der Waals surface area contributed by atoms with Crippen molar-refractivity contribution in [2.75, 3.05) is 26.6 Å². The fraction of sp³-hybridized carbons (Fsp3) is 0.333. The first kappa shape index (κ1) is 15.4. The number of hydrogen-bond acceptors (Lipinski definition) is 5. The van der Waals surface area contributed by atoms with E-state index in [0.29, 0.717) is 22.3 Å². The van der Waals surface area contributed by atoms with Gasteiger partial charge in [-0.25, -0.2) is 9.97 Å². The molecule has 0 radical (unpaired) electrons. The van der Waals surface area contributed by atoms with Gasteiger partial charge in [0.15, 0.2) is 17.3 Å². The van der Waals surface area contributed by atoms with Crippen LogP contribution in [0.3, 0.4) is 0 Å². The molecule has 0 saturated heterocycles. The van der Waals surface area contributed by atoms with Gasteiger partial charge < -0.3 is 14.8 Å². The van der Waals surface area contributed by atoms with Gasteiger partial charge in [0.05, 0.1) is 19.2 Å². The molecule has 1 aromatic carbocycles. The van der Waals surface area contributed by atoms with Crippen LogP contribution in [0.4, 0.5) is 5.82 Å². The van der Waals surface area contributed by atoms with Crippen molar-refractivity contribution in [1.82, 2.24) is 9.97 Å². The average Bonchev–Trinajstić information content (AvgIpc) is 2.53. The van der Waals surface area contributed by atoms with Crippen molar-refractivity contribution >= 4 is 17.4 Å². The first-order valence-electron chi connectivity index (χ1n) is 6.60. The second-order valence-corrected chi connectivity index (χ2v) is 4.77. The molecule has 6 heteroatoms. The minimum absolute atomic E-state index is 0.461. The van der Waals surface area contributed by atoms with E-state index in [1.54, 1.807) is 20.3 Å². The number of nitrogens with one attached hydrogen (secondary N) is 1. The number of hydrogen-bond donors (Lipinski definition) is 1. The second kappa shape index (κ2) is 6.63. The molecule has 1 aromatic heterocycles. The van der Waals surface area contributed by atoms with Gasteiger partial charge in [0.1, 0.15) is 5.82 Å². The summed E-state index contributed by atoms with van der Waals surface area (Å²) < 4.78 is 10.5. The number of benzene rings is 1. The Balaban J connectivity index is 2.58. The molecular formula is C15H18ClN3O2. The number of nitrogens with zero attached hydrogens (tertiary/aromatic N) is 2. The van der Waals surface area contributed by atoms with E-state index in [9.17, 15) is 0 Å². The molecular weight excluding hydrogens is 290 g/mol. The molecule has 0 fully saturated rings. The van der Waals surface area contributed by atoms with E-state index in [-0.39, 0.29) is 0 Å². The van der Waals surface area contributed by atoms with Gasteiger partial charge in [0, 0.05) is 24.4 Å². The molecule has 5 nitrogen and oxygen atoms in total. The van der Waals surface area contributed by atoms with Crippen LogP contribution in [0.15, 0.2) is 18.2 Å². The summed E-state index contributed by atoms with van der Waals surface area (Å²) in [7, 11) is 4.95. The van der Waals surface area contributed by atoms with Crippen molar-refractivity contribution in [3.05, 3.63) is 28.9 Å². The number of ether oxygens (including phenoxy) is 2. The Morgan fingerprint density at radius 1 is 1.14 bits per heavy atom. The van der Waals surface area contributed by atoms with E-state index in [2.05, 4.69) is 15.3 Å². The van der Waals surface area contributed by atoms with E-state index in [4.69, 9.17) is 21.1 Å². The van der Waals surface area contributed by atoms with Crippen molar-refractivity contribution in [1.29, 1.82) is 0 Å². The highest BCUT2D eigenvalue weighted by atomic mass is 35.5. The lowest BCUT2D eigenvalue weighted by atomic mass is 10.1. The zero-order valence-electron chi connectivity index (χ0n) is 12.5. The van der Waals surface area contributed by atoms with Crippen LogP contribution in [0.1, 0.15) is 12.6 Å². The third-order valence-corrected chi connectivity index (χ3v) is 3.37. The first-order valence-corrected chi connectivity index (χ1v) is 6.98. The SMILES string of the molecule is CCc1cc(NC)nc(-c2cc(Cl)c(OC)c(OC)c2)n1. The topological polar surface area (TPSA) is 56.3 Å². The summed E-state index contributed by atoms with van der Waals surface area (Å²) in [5.41, 5.74) is 1.74. The summed E-state index contributed by atoms with van der Waals surface area (Å²) in [6.07, 6.45) is 0.825. The summed E-state index contributed by atoms with van der Waals surface area (Å²) in [5.74, 6) is 2.42. The lowest BCUT2D eigenvalue weighted by Gasteiger charge is -2.12. The van der Waals surface area contributed by atoms with Crippen LogP contribution < -0.4 is 14.8 Å². The lowest BCUT2D eigenvalue weighted by Crippen LogP contribution is -2.01. The zero-order chi connectivity index (χ0) is 15.4. The summed E-state index contributed by atoms with van der Waals surface area (Å²) in [6, 6.07) is 5.52. The summed E-state index contributed by atoms with van der Waals surface area (Å²) in [6.45, 7) is 2.05. The van der Waals surface area contributed by atoms with Gasteiger partial charge in [0.25, 0.3) is 0 Å². The third-order valence-electron chi connectivity index (χ3n) is 3.09. The van der Waals surface area contributed by atoms with Gasteiger partial charge >= 0.3 is 0 Å². The number of halogens is 1. The van der Waals surface area contributed by atoms with Crippen molar-refractivity contribution in [3.8, 4) is 22.9 Å². The Labute approximate surface area is 129 Å². The smallest absolute Gasteiger partial charge is 0.179 e. The number of aryl methyl sites for hydroxylation is 1. The standard InChI is InChI=1S/C15H18ClN3O2/c1-5-10-8-13(17-2)19-15(18-10)9-6-11(16)14(21-4)12(7-9)20-3/h6-8H,5H2,1-4H3,(H,17,18,19). The van der Waals surface area contributed by atoms with E-state index < -0.39 is 0 Å². The highest BCUT2D eigenvalue weighted by molar-refractivity contribution is 6.32. The average molecular weight is 308 g/mol. The summed E-state index contributed by atoms with van der Waals surface area (Å²) in [5, 5.41) is 3.50. The molecule has 0 atom stereocenters. The molecule has 0 saturated carbocycles. The highest BCUT2D eigenvalue weighted by Gasteiger charge is 2.14.